The number of hydrogen-bond acceptors (Lipinski definition) is 5. The number of hydrazine groups is 1. The van der Waals surface area contributed by atoms with Gasteiger partial charge in [0.15, 0.2) is 0 Å². The molecule has 176 valence electrons. The van der Waals surface area contributed by atoms with Gasteiger partial charge in [0.1, 0.15) is 5.75 Å². The van der Waals surface area contributed by atoms with Crippen LogP contribution in [0.15, 0.2) is 83.8 Å². The summed E-state index contributed by atoms with van der Waals surface area (Å²) in [6.45, 7) is 2.04. The molecule has 2 amide bonds. The van der Waals surface area contributed by atoms with E-state index in [4.69, 9.17) is 4.74 Å². The Kier molecular flexibility index (Phi) is 8.18. The highest BCUT2D eigenvalue weighted by molar-refractivity contribution is 7.89. The number of aryl methyl sites for hydroxylation is 1. The van der Waals surface area contributed by atoms with E-state index in [1.807, 2.05) is 37.3 Å². The lowest BCUT2D eigenvalue weighted by Gasteiger charge is -2.09. The summed E-state index contributed by atoms with van der Waals surface area (Å²) in [7, 11) is -2.30. The van der Waals surface area contributed by atoms with Crippen molar-refractivity contribution in [3.63, 3.8) is 0 Å². The number of amides is 2. The third-order valence-corrected chi connectivity index (χ3v) is 6.21. The second kappa shape index (κ2) is 11.3. The lowest BCUT2D eigenvalue weighted by molar-refractivity contribution is -0.117. The van der Waals surface area contributed by atoms with Crippen LogP contribution in [0.5, 0.6) is 5.75 Å². The van der Waals surface area contributed by atoms with Gasteiger partial charge in [-0.2, -0.15) is 0 Å². The summed E-state index contributed by atoms with van der Waals surface area (Å²) in [5.74, 6) is -0.613. The van der Waals surface area contributed by atoms with E-state index in [0.717, 1.165) is 11.1 Å². The van der Waals surface area contributed by atoms with Crippen LogP contribution in [0.3, 0.4) is 0 Å². The van der Waals surface area contributed by atoms with Crippen LogP contribution in [0.25, 0.3) is 6.08 Å². The van der Waals surface area contributed by atoms with Crippen molar-refractivity contribution >= 4 is 27.9 Å². The maximum absolute atomic E-state index is 12.6. The molecule has 0 spiro atoms. The largest absolute Gasteiger partial charge is 0.496 e. The first-order valence-corrected chi connectivity index (χ1v) is 11.8. The van der Waals surface area contributed by atoms with Gasteiger partial charge in [-0.25, -0.2) is 13.1 Å². The molecule has 0 atom stereocenters. The van der Waals surface area contributed by atoms with Crippen molar-refractivity contribution in [2.45, 2.75) is 18.4 Å². The summed E-state index contributed by atoms with van der Waals surface area (Å²) in [6.07, 6.45) is 2.82. The first kappa shape index (κ1) is 24.7. The fourth-order valence-electron chi connectivity index (χ4n) is 3.04. The molecule has 0 bridgehead atoms. The van der Waals surface area contributed by atoms with Crippen LogP contribution in [-0.2, 0) is 21.4 Å². The maximum Gasteiger partial charge on any atom is 0.269 e. The minimum Gasteiger partial charge on any atom is -0.496 e. The van der Waals surface area contributed by atoms with Crippen molar-refractivity contribution in [1.82, 2.24) is 15.6 Å². The van der Waals surface area contributed by atoms with Crippen LogP contribution in [-0.4, -0.2) is 27.3 Å². The Morgan fingerprint density at radius 1 is 0.941 bits per heavy atom. The highest BCUT2D eigenvalue weighted by Crippen LogP contribution is 2.20. The summed E-state index contributed by atoms with van der Waals surface area (Å²) < 4.78 is 33.0. The molecule has 3 aromatic carbocycles. The molecule has 34 heavy (non-hydrogen) atoms. The molecule has 0 radical (unpaired) electrons. The number of nitrogens with one attached hydrogen (secondary N) is 3. The van der Waals surface area contributed by atoms with Gasteiger partial charge in [0, 0.05) is 23.7 Å². The predicted molar refractivity (Wildman–Crippen MR) is 129 cm³/mol. The molecular weight excluding hydrogens is 454 g/mol. The zero-order chi connectivity index (χ0) is 24.6. The van der Waals surface area contributed by atoms with Crippen LogP contribution < -0.4 is 20.3 Å². The topological polar surface area (TPSA) is 114 Å². The molecule has 0 aliphatic carbocycles. The smallest absolute Gasteiger partial charge is 0.269 e. The number of methoxy groups -OCH3 is 1. The van der Waals surface area contributed by atoms with E-state index >= 15 is 0 Å². The lowest BCUT2D eigenvalue weighted by Crippen LogP contribution is -2.40. The molecule has 0 unspecified atom stereocenters. The second-order valence-electron chi connectivity index (χ2n) is 7.36. The van der Waals surface area contributed by atoms with Crippen molar-refractivity contribution in [3.05, 3.63) is 101 Å². The minimum absolute atomic E-state index is 0.0613. The average Bonchev–Trinajstić information content (AvgIpc) is 2.85. The van der Waals surface area contributed by atoms with E-state index in [0.29, 0.717) is 11.3 Å². The van der Waals surface area contributed by atoms with E-state index in [2.05, 4.69) is 15.6 Å². The molecule has 3 rings (SSSR count). The fourth-order valence-corrected chi connectivity index (χ4v) is 4.11. The normalized spacial score (nSPS) is 11.2. The molecule has 0 aromatic heterocycles. The molecule has 3 N–H and O–H groups in total. The van der Waals surface area contributed by atoms with E-state index < -0.39 is 21.8 Å². The number of hydrogen-bond donors (Lipinski definition) is 3. The van der Waals surface area contributed by atoms with Gasteiger partial charge in [0.05, 0.1) is 12.0 Å². The van der Waals surface area contributed by atoms with Crippen molar-refractivity contribution in [2.75, 3.05) is 7.11 Å². The predicted octanol–water partition coefficient (Wildman–Crippen LogP) is 2.96. The third-order valence-electron chi connectivity index (χ3n) is 4.81. The molecule has 0 aliphatic heterocycles. The quantitative estimate of drug-likeness (QED) is 0.340. The number of ether oxygens (including phenoxy) is 1. The maximum atomic E-state index is 12.6. The van der Waals surface area contributed by atoms with E-state index in [1.165, 1.54) is 37.5 Å². The Bertz CT molecular complexity index is 1310. The average molecular weight is 480 g/mol. The summed E-state index contributed by atoms with van der Waals surface area (Å²) in [5.41, 5.74) is 7.15. The van der Waals surface area contributed by atoms with Gasteiger partial charge in [-0.05, 0) is 48.9 Å². The molecule has 3 aromatic rings. The second-order valence-corrected chi connectivity index (χ2v) is 9.13. The number of benzene rings is 3. The summed E-state index contributed by atoms with van der Waals surface area (Å²) in [6, 6.07) is 20.2. The fraction of sp³-hybridized carbons (Fsp3) is 0.120. The SMILES string of the molecule is COc1ccc(C)cc1C=CC(=O)NNC(=O)c1cccc(S(=O)(=O)NCc2ccccc2)c1. The Morgan fingerprint density at radius 3 is 2.44 bits per heavy atom. The standard InChI is InChI=1S/C25H25N3O5S/c1-18-11-13-23(33-2)20(15-18)12-14-24(29)27-28-25(30)21-9-6-10-22(16-21)34(31,32)26-17-19-7-4-3-5-8-19/h3-16,26H,17H2,1-2H3,(H,27,29)(H,28,30). The Hall–Kier alpha value is -3.95. The highest BCUT2D eigenvalue weighted by Gasteiger charge is 2.16. The molecule has 0 fully saturated rings. The Morgan fingerprint density at radius 2 is 1.71 bits per heavy atom. The van der Waals surface area contributed by atoms with E-state index in [1.54, 1.807) is 24.3 Å². The third kappa shape index (κ3) is 6.77. The van der Waals surface area contributed by atoms with E-state index in [9.17, 15) is 18.0 Å². The number of carbonyl (C=O) groups excluding carboxylic acids is 2. The molecule has 0 heterocycles. The van der Waals surface area contributed by atoms with Crippen molar-refractivity contribution < 1.29 is 22.7 Å². The first-order chi connectivity index (χ1) is 16.3. The van der Waals surface area contributed by atoms with Gasteiger partial charge in [-0.15, -0.1) is 0 Å². The molecule has 0 saturated carbocycles. The van der Waals surface area contributed by atoms with Crippen molar-refractivity contribution in [2.24, 2.45) is 0 Å². The van der Waals surface area contributed by atoms with Crippen molar-refractivity contribution in [1.29, 1.82) is 0 Å². The molecule has 0 aliphatic rings. The number of sulfonamides is 1. The first-order valence-electron chi connectivity index (χ1n) is 10.4. The Balaban J connectivity index is 1.60. The van der Waals surface area contributed by atoms with Gasteiger partial charge < -0.3 is 4.74 Å². The van der Waals surface area contributed by atoms with Gasteiger partial charge in [-0.1, -0.05) is 48.0 Å². The van der Waals surface area contributed by atoms with Crippen molar-refractivity contribution in [3.8, 4) is 5.75 Å². The summed E-state index contributed by atoms with van der Waals surface area (Å²) in [5, 5.41) is 0. The van der Waals surface area contributed by atoms with Gasteiger partial charge in [0.2, 0.25) is 10.0 Å². The number of rotatable bonds is 8. The van der Waals surface area contributed by atoms with Crippen LogP contribution in [0, 0.1) is 6.92 Å². The molecule has 9 heteroatoms. The monoisotopic (exact) mass is 479 g/mol. The van der Waals surface area contributed by atoms with Crippen LogP contribution >= 0.6 is 0 Å². The van der Waals surface area contributed by atoms with Crippen LogP contribution in [0.1, 0.15) is 27.0 Å². The molecule has 0 saturated heterocycles. The zero-order valence-electron chi connectivity index (χ0n) is 18.7. The summed E-state index contributed by atoms with van der Waals surface area (Å²) in [4.78, 5) is 24.5. The van der Waals surface area contributed by atoms with Crippen LogP contribution in [0.4, 0.5) is 0 Å². The molecule has 8 nitrogen and oxygen atoms in total. The van der Waals surface area contributed by atoms with Gasteiger partial charge in [-0.3, -0.25) is 20.4 Å². The van der Waals surface area contributed by atoms with Crippen LogP contribution in [0.2, 0.25) is 0 Å². The Labute approximate surface area is 198 Å². The van der Waals surface area contributed by atoms with Gasteiger partial charge in [0.25, 0.3) is 11.8 Å². The number of carbonyl (C=O) groups is 2. The van der Waals surface area contributed by atoms with Gasteiger partial charge >= 0.3 is 0 Å². The molecular formula is C25H25N3O5S. The lowest BCUT2D eigenvalue weighted by atomic mass is 10.1. The summed E-state index contributed by atoms with van der Waals surface area (Å²) >= 11 is 0. The van der Waals surface area contributed by atoms with E-state index in [-0.39, 0.29) is 17.0 Å². The zero-order valence-corrected chi connectivity index (χ0v) is 19.6. The minimum atomic E-state index is -3.84. The highest BCUT2D eigenvalue weighted by atomic mass is 32.2.